The van der Waals surface area contributed by atoms with Gasteiger partial charge >= 0.3 is 0 Å². The molecule has 3 aromatic rings. The maximum Gasteiger partial charge on any atom is 0.264 e. The van der Waals surface area contributed by atoms with Crippen LogP contribution in [0.25, 0.3) is 0 Å². The second-order valence-electron chi connectivity index (χ2n) is 11.1. The van der Waals surface area contributed by atoms with Gasteiger partial charge in [0.25, 0.3) is 10.0 Å². The van der Waals surface area contributed by atoms with E-state index < -0.39 is 39.9 Å². The number of nitrogens with one attached hydrogen (secondary N) is 1. The lowest BCUT2D eigenvalue weighted by atomic mass is 10.1. The van der Waals surface area contributed by atoms with E-state index in [0.29, 0.717) is 18.8 Å². The fourth-order valence-electron chi connectivity index (χ4n) is 4.40. The molecule has 0 aliphatic heterocycles. The van der Waals surface area contributed by atoms with E-state index in [0.717, 1.165) is 39.7 Å². The average Bonchev–Trinajstić information content (AvgIpc) is 2.92. The van der Waals surface area contributed by atoms with Gasteiger partial charge in [0.2, 0.25) is 11.8 Å². The summed E-state index contributed by atoms with van der Waals surface area (Å²) < 4.78 is 47.9. The molecule has 1 atom stereocenters. The van der Waals surface area contributed by atoms with Crippen LogP contribution in [-0.4, -0.2) is 49.9 Å². The van der Waals surface area contributed by atoms with Gasteiger partial charge in [0.15, 0.2) is 0 Å². The minimum Gasteiger partial charge on any atom is -0.494 e. The third-order valence-electron chi connectivity index (χ3n) is 6.47. The Morgan fingerprint density at radius 1 is 0.929 bits per heavy atom. The van der Waals surface area contributed by atoms with Gasteiger partial charge in [0.1, 0.15) is 24.2 Å². The predicted octanol–water partition coefficient (Wildman–Crippen LogP) is 5.45. The van der Waals surface area contributed by atoms with Gasteiger partial charge in [0, 0.05) is 12.1 Å². The van der Waals surface area contributed by atoms with E-state index in [1.807, 2.05) is 65.8 Å². The van der Waals surface area contributed by atoms with Crippen molar-refractivity contribution in [1.82, 2.24) is 10.2 Å². The monoisotopic (exact) mass is 597 g/mol. The number of hydrogen-bond donors (Lipinski definition) is 1. The number of nitrogens with zero attached hydrogens (tertiary/aromatic N) is 2. The minimum atomic E-state index is -4.31. The summed E-state index contributed by atoms with van der Waals surface area (Å²) in [4.78, 5) is 28.8. The Hall–Kier alpha value is -3.92. The number of anilines is 1. The standard InChI is InChI=1S/C32H40FN3O5S/c1-7-29(31(38)34-32(4,5)6)35(21-24-11-9-23(3)10-12-24)30(37)22-36(26-15-17-27(18-16-26)41-8-2)42(39,40)28-19-13-25(33)14-20-28/h9-20,29H,7-8,21-22H2,1-6H3,(H,34,38). The van der Waals surface area contributed by atoms with Crippen LogP contribution in [0.3, 0.4) is 0 Å². The first-order chi connectivity index (χ1) is 19.7. The lowest BCUT2D eigenvalue weighted by Gasteiger charge is -2.34. The van der Waals surface area contributed by atoms with Crippen LogP contribution < -0.4 is 14.4 Å². The van der Waals surface area contributed by atoms with Gasteiger partial charge in [-0.3, -0.25) is 13.9 Å². The molecule has 0 heterocycles. The van der Waals surface area contributed by atoms with E-state index in [-0.39, 0.29) is 23.0 Å². The van der Waals surface area contributed by atoms with E-state index in [1.165, 1.54) is 4.90 Å². The molecule has 2 amide bonds. The fourth-order valence-corrected chi connectivity index (χ4v) is 5.81. The number of ether oxygens (including phenoxy) is 1. The van der Waals surface area contributed by atoms with Gasteiger partial charge in [-0.2, -0.15) is 0 Å². The van der Waals surface area contributed by atoms with E-state index in [1.54, 1.807) is 24.3 Å². The van der Waals surface area contributed by atoms with Crippen LogP contribution in [0.15, 0.2) is 77.7 Å². The quantitative estimate of drug-likeness (QED) is 0.300. The number of carbonyl (C=O) groups is 2. The van der Waals surface area contributed by atoms with Crippen molar-refractivity contribution in [3.8, 4) is 5.75 Å². The molecule has 0 saturated carbocycles. The molecule has 1 N–H and O–H groups in total. The smallest absolute Gasteiger partial charge is 0.264 e. The lowest BCUT2D eigenvalue weighted by molar-refractivity contribution is -0.141. The van der Waals surface area contributed by atoms with Crippen molar-refractivity contribution in [2.75, 3.05) is 17.5 Å². The van der Waals surface area contributed by atoms with E-state index in [2.05, 4.69) is 5.32 Å². The highest BCUT2D eigenvalue weighted by molar-refractivity contribution is 7.92. The van der Waals surface area contributed by atoms with Gasteiger partial charge in [-0.1, -0.05) is 36.8 Å². The highest BCUT2D eigenvalue weighted by atomic mass is 32.2. The molecular formula is C32H40FN3O5S. The van der Waals surface area contributed by atoms with E-state index in [9.17, 15) is 22.4 Å². The van der Waals surface area contributed by atoms with Gasteiger partial charge in [-0.05, 0) is 95.1 Å². The molecule has 0 aromatic heterocycles. The summed E-state index contributed by atoms with van der Waals surface area (Å²) >= 11 is 0. The molecular weight excluding hydrogens is 557 g/mol. The molecule has 3 aromatic carbocycles. The summed E-state index contributed by atoms with van der Waals surface area (Å²) in [6, 6.07) is 17.5. The minimum absolute atomic E-state index is 0.100. The third-order valence-corrected chi connectivity index (χ3v) is 8.26. The number of carbonyl (C=O) groups excluding carboxylic acids is 2. The van der Waals surface area contributed by atoms with Crippen LogP contribution in [0.4, 0.5) is 10.1 Å². The number of benzene rings is 3. The lowest BCUT2D eigenvalue weighted by Crippen LogP contribution is -2.55. The summed E-state index contributed by atoms with van der Waals surface area (Å²) in [7, 11) is -4.31. The number of rotatable bonds is 12. The zero-order valence-corrected chi connectivity index (χ0v) is 25.9. The second-order valence-corrected chi connectivity index (χ2v) is 12.9. The van der Waals surface area contributed by atoms with Gasteiger partial charge < -0.3 is 15.0 Å². The highest BCUT2D eigenvalue weighted by Gasteiger charge is 2.34. The van der Waals surface area contributed by atoms with Crippen LogP contribution in [0.2, 0.25) is 0 Å². The highest BCUT2D eigenvalue weighted by Crippen LogP contribution is 2.27. The van der Waals surface area contributed by atoms with Crippen LogP contribution in [0.5, 0.6) is 5.75 Å². The van der Waals surface area contributed by atoms with Crippen molar-refractivity contribution >= 4 is 27.5 Å². The normalized spacial score (nSPS) is 12.4. The molecule has 42 heavy (non-hydrogen) atoms. The predicted molar refractivity (Wildman–Crippen MR) is 162 cm³/mol. The molecule has 226 valence electrons. The van der Waals surface area contributed by atoms with Crippen LogP contribution in [0.1, 0.15) is 52.2 Å². The topological polar surface area (TPSA) is 96.0 Å². The molecule has 0 fully saturated rings. The zero-order valence-electron chi connectivity index (χ0n) is 25.1. The fraction of sp³-hybridized carbons (Fsp3) is 0.375. The molecule has 8 nitrogen and oxygen atoms in total. The Morgan fingerprint density at radius 2 is 1.52 bits per heavy atom. The average molecular weight is 598 g/mol. The van der Waals surface area contributed by atoms with Gasteiger partial charge in [-0.15, -0.1) is 0 Å². The maximum absolute atomic E-state index is 14.1. The first-order valence-corrected chi connectivity index (χ1v) is 15.4. The molecule has 0 aliphatic rings. The van der Waals surface area contributed by atoms with Crippen molar-refractivity contribution in [2.45, 2.75) is 71.0 Å². The molecule has 0 radical (unpaired) electrons. The molecule has 10 heteroatoms. The largest absolute Gasteiger partial charge is 0.494 e. The van der Waals surface area contributed by atoms with Crippen molar-refractivity contribution < 1.29 is 27.1 Å². The number of hydrogen-bond acceptors (Lipinski definition) is 5. The number of aryl methyl sites for hydroxylation is 1. The van der Waals surface area contributed by atoms with Gasteiger partial charge in [-0.25, -0.2) is 12.8 Å². The molecule has 0 bridgehead atoms. The van der Waals surface area contributed by atoms with E-state index in [4.69, 9.17) is 4.74 Å². The SMILES string of the molecule is CCOc1ccc(N(CC(=O)N(Cc2ccc(C)cc2)C(CC)C(=O)NC(C)(C)C)S(=O)(=O)c2ccc(F)cc2)cc1. The summed E-state index contributed by atoms with van der Waals surface area (Å²) in [5, 5.41) is 2.95. The Morgan fingerprint density at radius 3 is 2.05 bits per heavy atom. The Labute approximate surface area is 248 Å². The molecule has 0 saturated heterocycles. The Kier molecular flexibility index (Phi) is 10.7. The zero-order chi connectivity index (χ0) is 31.1. The van der Waals surface area contributed by atoms with Crippen LogP contribution in [-0.2, 0) is 26.2 Å². The number of amides is 2. The summed E-state index contributed by atoms with van der Waals surface area (Å²) in [5.74, 6) is -0.944. The summed E-state index contributed by atoms with van der Waals surface area (Å²) in [6.45, 7) is 11.1. The van der Waals surface area contributed by atoms with Crippen molar-refractivity contribution in [1.29, 1.82) is 0 Å². The summed E-state index contributed by atoms with van der Waals surface area (Å²) in [5.41, 5.74) is 1.52. The molecule has 1 unspecified atom stereocenters. The Bertz CT molecular complexity index is 1450. The maximum atomic E-state index is 14.1. The first kappa shape index (κ1) is 32.6. The summed E-state index contributed by atoms with van der Waals surface area (Å²) in [6.07, 6.45) is 0.313. The number of sulfonamides is 1. The Balaban J connectivity index is 2.07. The van der Waals surface area contributed by atoms with Crippen molar-refractivity contribution in [2.24, 2.45) is 0 Å². The third kappa shape index (κ3) is 8.55. The van der Waals surface area contributed by atoms with Crippen LogP contribution >= 0.6 is 0 Å². The van der Waals surface area contributed by atoms with Crippen molar-refractivity contribution in [3.05, 3.63) is 89.7 Å². The first-order valence-electron chi connectivity index (χ1n) is 13.9. The number of halogens is 1. The molecule has 0 spiro atoms. The second kappa shape index (κ2) is 13.8. The van der Waals surface area contributed by atoms with Gasteiger partial charge in [0.05, 0.1) is 17.2 Å². The molecule has 3 rings (SSSR count). The van der Waals surface area contributed by atoms with Crippen LogP contribution in [0, 0.1) is 12.7 Å². The van der Waals surface area contributed by atoms with Crippen molar-refractivity contribution in [3.63, 3.8) is 0 Å². The van der Waals surface area contributed by atoms with E-state index >= 15 is 0 Å². The molecule has 0 aliphatic carbocycles.